The van der Waals surface area contributed by atoms with Crippen molar-refractivity contribution >= 4 is 35.2 Å². The molecule has 1 aromatic carbocycles. The third kappa shape index (κ3) is 4.00. The van der Waals surface area contributed by atoms with E-state index in [0.29, 0.717) is 6.54 Å². The Labute approximate surface area is 133 Å². The monoisotopic (exact) mass is 322 g/mol. The molecule has 0 bridgehead atoms. The van der Waals surface area contributed by atoms with Gasteiger partial charge in [0.1, 0.15) is 0 Å². The molecule has 22 heavy (non-hydrogen) atoms. The minimum absolute atomic E-state index is 0.0748. The van der Waals surface area contributed by atoms with E-state index in [9.17, 15) is 14.4 Å². The number of hydrogen-bond donors (Lipinski definition) is 2. The second-order valence-corrected chi connectivity index (χ2v) is 6.07. The van der Waals surface area contributed by atoms with Crippen LogP contribution in [-0.2, 0) is 19.1 Å². The van der Waals surface area contributed by atoms with Crippen LogP contribution in [0.25, 0.3) is 0 Å². The first-order chi connectivity index (χ1) is 10.5. The average molecular weight is 322 g/mol. The summed E-state index contributed by atoms with van der Waals surface area (Å²) in [4.78, 5) is 36.3. The van der Waals surface area contributed by atoms with E-state index < -0.39 is 17.3 Å². The van der Waals surface area contributed by atoms with Gasteiger partial charge in [-0.15, -0.1) is 11.8 Å². The van der Waals surface area contributed by atoms with Gasteiger partial charge in [0.2, 0.25) is 5.91 Å². The van der Waals surface area contributed by atoms with Crippen LogP contribution in [0.5, 0.6) is 0 Å². The van der Waals surface area contributed by atoms with Crippen molar-refractivity contribution in [3.8, 4) is 0 Å². The van der Waals surface area contributed by atoms with E-state index in [4.69, 9.17) is 4.74 Å². The van der Waals surface area contributed by atoms with E-state index in [2.05, 4.69) is 10.6 Å². The van der Waals surface area contributed by atoms with Crippen molar-refractivity contribution in [1.29, 1.82) is 0 Å². The summed E-state index contributed by atoms with van der Waals surface area (Å²) < 4.78 is 5.06. The lowest BCUT2D eigenvalue weighted by molar-refractivity contribution is -0.155. The lowest BCUT2D eigenvalue weighted by Gasteiger charge is -2.23. The van der Waals surface area contributed by atoms with Gasteiger partial charge >= 0.3 is 5.97 Å². The Morgan fingerprint density at radius 1 is 1.41 bits per heavy atom. The first kappa shape index (κ1) is 16.4. The highest BCUT2D eigenvalue weighted by molar-refractivity contribution is 8.01. The summed E-state index contributed by atoms with van der Waals surface area (Å²) >= 11 is 1.33. The number of carbonyl (C=O) groups excluding carboxylic acids is 3. The Bertz CT molecular complexity index is 591. The number of amides is 2. The molecular formula is C15H18N2O4S. The summed E-state index contributed by atoms with van der Waals surface area (Å²) in [5.74, 6) is -1.14. The second-order valence-electron chi connectivity index (χ2n) is 4.82. The van der Waals surface area contributed by atoms with Gasteiger partial charge in [0.15, 0.2) is 6.10 Å². The minimum Gasteiger partial charge on any atom is -0.453 e. The van der Waals surface area contributed by atoms with Crippen LogP contribution < -0.4 is 10.6 Å². The maximum Gasteiger partial charge on any atom is 0.308 e. The molecule has 0 unspecified atom stereocenters. The van der Waals surface area contributed by atoms with Gasteiger partial charge in [-0.1, -0.05) is 12.1 Å². The number of fused-ring (bicyclic) bond motifs is 1. The van der Waals surface area contributed by atoms with Crippen molar-refractivity contribution in [3.05, 3.63) is 24.3 Å². The zero-order valence-electron chi connectivity index (χ0n) is 12.4. The van der Waals surface area contributed by atoms with Gasteiger partial charge in [0, 0.05) is 11.4 Å². The number of ether oxygens (including phenoxy) is 1. The van der Waals surface area contributed by atoms with Crippen molar-refractivity contribution in [2.24, 2.45) is 0 Å². The third-order valence-corrected chi connectivity index (χ3v) is 4.36. The molecule has 1 aromatic rings. The Balaban J connectivity index is 1.92. The molecule has 1 aliphatic rings. The van der Waals surface area contributed by atoms with Gasteiger partial charge in [0.05, 0.1) is 17.4 Å². The van der Waals surface area contributed by atoms with Crippen LogP contribution in [0, 0.1) is 0 Å². The van der Waals surface area contributed by atoms with Crippen molar-refractivity contribution in [2.45, 2.75) is 36.5 Å². The first-order valence-corrected chi connectivity index (χ1v) is 7.93. The first-order valence-electron chi connectivity index (χ1n) is 7.05. The highest BCUT2D eigenvalue weighted by atomic mass is 32.2. The number of esters is 1. The fourth-order valence-corrected chi connectivity index (χ4v) is 3.09. The summed E-state index contributed by atoms with van der Waals surface area (Å²) in [6.07, 6.45) is -0.939. The van der Waals surface area contributed by atoms with E-state index in [0.717, 1.165) is 10.6 Å². The highest BCUT2D eigenvalue weighted by Crippen LogP contribution is 2.36. The molecular weight excluding hydrogens is 304 g/mol. The quantitative estimate of drug-likeness (QED) is 0.804. The standard InChI is InChI=1S/C15H18N2O4S/c1-3-16-14(19)9(2)21-13(18)8-12-15(20)17-10-6-4-5-7-11(10)22-12/h4-7,9,12H,3,8H2,1-2H3,(H,16,19)(H,17,20)/t9-,12-/m1/s1. The Hall–Kier alpha value is -2.02. The predicted octanol–water partition coefficient (Wildman–Crippen LogP) is 1.56. The number of benzene rings is 1. The highest BCUT2D eigenvalue weighted by Gasteiger charge is 2.30. The smallest absolute Gasteiger partial charge is 0.308 e. The lowest BCUT2D eigenvalue weighted by Crippen LogP contribution is -2.37. The van der Waals surface area contributed by atoms with Crippen molar-refractivity contribution in [2.75, 3.05) is 11.9 Å². The van der Waals surface area contributed by atoms with E-state index in [1.54, 1.807) is 6.92 Å². The molecule has 1 aliphatic heterocycles. The summed E-state index contributed by atoms with van der Waals surface area (Å²) in [5.41, 5.74) is 0.748. The second kappa shape index (κ2) is 7.31. The molecule has 0 spiro atoms. The number of thioether (sulfide) groups is 1. The van der Waals surface area contributed by atoms with Crippen LogP contribution >= 0.6 is 11.8 Å². The van der Waals surface area contributed by atoms with Gasteiger partial charge in [0.25, 0.3) is 5.91 Å². The number of rotatable bonds is 5. The van der Waals surface area contributed by atoms with Crippen LogP contribution in [0.3, 0.4) is 0 Å². The molecule has 0 aromatic heterocycles. The molecule has 2 amide bonds. The zero-order valence-corrected chi connectivity index (χ0v) is 13.2. The molecule has 0 saturated heterocycles. The van der Waals surface area contributed by atoms with E-state index in [1.807, 2.05) is 24.3 Å². The maximum absolute atomic E-state index is 12.0. The normalized spacial score (nSPS) is 17.9. The average Bonchev–Trinajstić information content (AvgIpc) is 2.48. The molecule has 2 rings (SSSR count). The number of para-hydroxylation sites is 1. The molecule has 6 nitrogen and oxygen atoms in total. The van der Waals surface area contributed by atoms with Gasteiger partial charge in [-0.3, -0.25) is 14.4 Å². The zero-order chi connectivity index (χ0) is 16.1. The number of nitrogens with one attached hydrogen (secondary N) is 2. The van der Waals surface area contributed by atoms with E-state index >= 15 is 0 Å². The fourth-order valence-electron chi connectivity index (χ4n) is 2.00. The largest absolute Gasteiger partial charge is 0.453 e. The third-order valence-electron chi connectivity index (χ3n) is 3.09. The molecule has 0 fully saturated rings. The lowest BCUT2D eigenvalue weighted by atomic mass is 10.2. The van der Waals surface area contributed by atoms with Crippen molar-refractivity contribution in [1.82, 2.24) is 5.32 Å². The summed E-state index contributed by atoms with van der Waals surface area (Å²) in [7, 11) is 0. The molecule has 2 atom stereocenters. The molecule has 7 heteroatoms. The van der Waals surface area contributed by atoms with Crippen LogP contribution in [0.1, 0.15) is 20.3 Å². The molecule has 1 heterocycles. The Morgan fingerprint density at radius 2 is 2.14 bits per heavy atom. The number of hydrogen-bond acceptors (Lipinski definition) is 5. The van der Waals surface area contributed by atoms with Gasteiger partial charge in [-0.05, 0) is 26.0 Å². The predicted molar refractivity (Wildman–Crippen MR) is 83.6 cm³/mol. The Morgan fingerprint density at radius 3 is 2.86 bits per heavy atom. The summed E-state index contributed by atoms with van der Waals surface area (Å²) in [6.45, 7) is 3.76. The SMILES string of the molecule is CCNC(=O)[C@@H](C)OC(=O)C[C@H]1Sc2ccccc2NC1=O. The maximum atomic E-state index is 12.0. The number of carbonyl (C=O) groups is 3. The minimum atomic E-state index is -0.864. The summed E-state index contributed by atoms with van der Waals surface area (Å²) in [6, 6.07) is 7.40. The number of anilines is 1. The van der Waals surface area contributed by atoms with Gasteiger partial charge in [-0.2, -0.15) is 0 Å². The van der Waals surface area contributed by atoms with Crippen LogP contribution in [0.15, 0.2) is 29.2 Å². The number of likely N-dealkylation sites (N-methyl/N-ethyl adjacent to an activating group) is 1. The van der Waals surface area contributed by atoms with Crippen LogP contribution in [0.2, 0.25) is 0 Å². The molecule has 0 saturated carbocycles. The van der Waals surface area contributed by atoms with Crippen molar-refractivity contribution in [3.63, 3.8) is 0 Å². The topological polar surface area (TPSA) is 84.5 Å². The van der Waals surface area contributed by atoms with Crippen LogP contribution in [0.4, 0.5) is 5.69 Å². The van der Waals surface area contributed by atoms with E-state index in [1.165, 1.54) is 18.7 Å². The summed E-state index contributed by atoms with van der Waals surface area (Å²) in [5, 5.41) is 4.79. The molecule has 0 radical (unpaired) electrons. The molecule has 0 aliphatic carbocycles. The van der Waals surface area contributed by atoms with Crippen molar-refractivity contribution < 1.29 is 19.1 Å². The Kier molecular flexibility index (Phi) is 5.43. The molecule has 118 valence electrons. The van der Waals surface area contributed by atoms with Gasteiger partial charge in [-0.25, -0.2) is 0 Å². The fraction of sp³-hybridized carbons (Fsp3) is 0.400. The van der Waals surface area contributed by atoms with E-state index in [-0.39, 0.29) is 18.2 Å². The van der Waals surface area contributed by atoms with Crippen LogP contribution in [-0.4, -0.2) is 35.7 Å². The molecule has 2 N–H and O–H groups in total. The van der Waals surface area contributed by atoms with Gasteiger partial charge < -0.3 is 15.4 Å².